The van der Waals surface area contributed by atoms with Crippen molar-refractivity contribution in [3.8, 4) is 0 Å². The summed E-state index contributed by atoms with van der Waals surface area (Å²) in [6.45, 7) is 2.15. The topological polar surface area (TPSA) is 67.5 Å². The number of carbonyl (C=O) groups is 2. The van der Waals surface area contributed by atoms with Gasteiger partial charge in [-0.2, -0.15) is 0 Å². The zero-order valence-corrected chi connectivity index (χ0v) is 13.7. The molecule has 1 fully saturated rings. The molecule has 2 aliphatic rings. The lowest BCUT2D eigenvalue weighted by Gasteiger charge is -2.34. The molecule has 1 heterocycles. The lowest BCUT2D eigenvalue weighted by atomic mass is 9.70. The highest BCUT2D eigenvalue weighted by Crippen LogP contribution is 2.45. The molecule has 1 saturated carbocycles. The fraction of sp³-hybridized carbons (Fsp3) is 0.400. The summed E-state index contributed by atoms with van der Waals surface area (Å²) >= 11 is 0. The van der Waals surface area contributed by atoms with E-state index in [1.165, 1.54) is 6.42 Å². The molecule has 0 bridgehead atoms. The molecule has 0 aliphatic heterocycles. The van der Waals surface area contributed by atoms with Crippen molar-refractivity contribution in [2.45, 2.75) is 45.4 Å². The average Bonchev–Trinajstić information content (AvgIpc) is 2.97. The van der Waals surface area contributed by atoms with Gasteiger partial charge in [0.05, 0.1) is 5.56 Å². The van der Waals surface area contributed by atoms with Gasteiger partial charge < -0.3 is 9.52 Å². The first-order valence-corrected chi connectivity index (χ1v) is 8.53. The Kier molecular flexibility index (Phi) is 3.37. The fourth-order valence-corrected chi connectivity index (χ4v) is 4.11. The number of allylic oxidation sites excluding steroid dienone is 1. The first kappa shape index (κ1) is 15.2. The van der Waals surface area contributed by atoms with Gasteiger partial charge in [0, 0.05) is 11.0 Å². The maximum atomic E-state index is 12.6. The highest BCUT2D eigenvalue weighted by atomic mass is 16.3. The first-order valence-electron chi connectivity index (χ1n) is 8.53. The summed E-state index contributed by atoms with van der Waals surface area (Å²) in [6.07, 6.45) is 5.96. The number of hydrogen-bond acceptors (Lipinski definition) is 4. The number of rotatable bonds is 2. The number of Topliss-reactive ketones (excluding diaryl/α,β-unsaturated/α-hetero) is 2. The highest BCUT2D eigenvalue weighted by molar-refractivity contribution is 6.52. The van der Waals surface area contributed by atoms with Crippen molar-refractivity contribution in [1.82, 2.24) is 0 Å². The van der Waals surface area contributed by atoms with E-state index in [1.807, 2.05) is 6.07 Å². The summed E-state index contributed by atoms with van der Waals surface area (Å²) in [5, 5.41) is 11.5. The molecule has 4 nitrogen and oxygen atoms in total. The minimum Gasteiger partial charge on any atom is -0.507 e. The first-order chi connectivity index (χ1) is 11.5. The molecule has 0 amide bonds. The molecule has 124 valence electrons. The van der Waals surface area contributed by atoms with Crippen molar-refractivity contribution >= 4 is 28.3 Å². The third kappa shape index (κ3) is 2.20. The Morgan fingerprint density at radius 3 is 2.54 bits per heavy atom. The quantitative estimate of drug-likeness (QED) is 0.804. The van der Waals surface area contributed by atoms with Crippen molar-refractivity contribution in [3.05, 3.63) is 41.2 Å². The third-order valence-electron chi connectivity index (χ3n) is 5.47. The monoisotopic (exact) mass is 324 g/mol. The number of aliphatic hydroxyl groups excluding tert-OH is 1. The largest absolute Gasteiger partial charge is 0.507 e. The Morgan fingerprint density at radius 2 is 1.79 bits per heavy atom. The van der Waals surface area contributed by atoms with Crippen LogP contribution in [0.15, 0.2) is 34.3 Å². The Balaban J connectivity index is 1.85. The summed E-state index contributed by atoms with van der Waals surface area (Å²) in [5.41, 5.74) is 1.11. The standard InChI is InChI=1S/C20H20O4/c1-20(9-5-2-6-10-20)11-13-16(21)15-12-7-3-4-8-14(12)24-19(15)18(23)17(13)22/h3-4,7-8,21H,2,5-6,9-11H2,1H3. The Labute approximate surface area is 140 Å². The van der Waals surface area contributed by atoms with Gasteiger partial charge in [-0.05, 0) is 30.7 Å². The van der Waals surface area contributed by atoms with E-state index >= 15 is 0 Å². The average molecular weight is 324 g/mol. The highest BCUT2D eigenvalue weighted by Gasteiger charge is 2.40. The molecule has 0 spiro atoms. The van der Waals surface area contributed by atoms with Gasteiger partial charge in [0.1, 0.15) is 11.3 Å². The molecule has 2 aliphatic carbocycles. The van der Waals surface area contributed by atoms with Gasteiger partial charge in [0.25, 0.3) is 5.78 Å². The van der Waals surface area contributed by atoms with Gasteiger partial charge in [-0.25, -0.2) is 0 Å². The lowest BCUT2D eigenvalue weighted by molar-refractivity contribution is -0.112. The van der Waals surface area contributed by atoms with Crippen LogP contribution in [0.2, 0.25) is 0 Å². The number of benzene rings is 1. The number of carbonyl (C=O) groups excluding carboxylic acids is 2. The van der Waals surface area contributed by atoms with Crippen LogP contribution >= 0.6 is 0 Å². The second kappa shape index (κ2) is 5.33. The van der Waals surface area contributed by atoms with E-state index < -0.39 is 11.6 Å². The van der Waals surface area contributed by atoms with Crippen molar-refractivity contribution in [2.75, 3.05) is 0 Å². The van der Waals surface area contributed by atoms with E-state index in [4.69, 9.17) is 4.42 Å². The van der Waals surface area contributed by atoms with Crippen LogP contribution in [-0.2, 0) is 4.79 Å². The van der Waals surface area contributed by atoms with E-state index in [-0.39, 0.29) is 22.5 Å². The van der Waals surface area contributed by atoms with Crippen LogP contribution in [0.5, 0.6) is 0 Å². The maximum absolute atomic E-state index is 12.6. The van der Waals surface area contributed by atoms with Gasteiger partial charge in [-0.15, -0.1) is 0 Å². The zero-order chi connectivity index (χ0) is 16.9. The lowest BCUT2D eigenvalue weighted by Crippen LogP contribution is -2.29. The molecule has 1 aromatic heterocycles. The molecule has 0 saturated heterocycles. The molecule has 4 heteroatoms. The van der Waals surface area contributed by atoms with E-state index in [0.29, 0.717) is 23.0 Å². The summed E-state index contributed by atoms with van der Waals surface area (Å²) < 4.78 is 5.54. The molecule has 0 radical (unpaired) electrons. The van der Waals surface area contributed by atoms with Crippen LogP contribution in [0.3, 0.4) is 0 Å². The number of furan rings is 1. The van der Waals surface area contributed by atoms with Crippen molar-refractivity contribution < 1.29 is 19.1 Å². The Morgan fingerprint density at radius 1 is 1.08 bits per heavy atom. The van der Waals surface area contributed by atoms with Crippen LogP contribution in [0.4, 0.5) is 0 Å². The smallest absolute Gasteiger partial charge is 0.269 e. The van der Waals surface area contributed by atoms with Gasteiger partial charge in [-0.1, -0.05) is 44.4 Å². The number of para-hydroxylation sites is 1. The fourth-order valence-electron chi connectivity index (χ4n) is 4.11. The Hall–Kier alpha value is -2.36. The minimum absolute atomic E-state index is 0.0313. The van der Waals surface area contributed by atoms with Crippen LogP contribution in [-0.4, -0.2) is 16.7 Å². The van der Waals surface area contributed by atoms with E-state index in [9.17, 15) is 14.7 Å². The number of ketones is 2. The summed E-state index contributed by atoms with van der Waals surface area (Å²) in [6, 6.07) is 7.17. The van der Waals surface area contributed by atoms with Crippen molar-refractivity contribution in [2.24, 2.45) is 5.41 Å². The molecule has 4 rings (SSSR count). The predicted octanol–water partition coefficient (Wildman–Crippen LogP) is 4.83. The molecule has 24 heavy (non-hydrogen) atoms. The Bertz CT molecular complexity index is 878. The second-order valence-electron chi connectivity index (χ2n) is 7.34. The molecular weight excluding hydrogens is 304 g/mol. The summed E-state index contributed by atoms with van der Waals surface area (Å²) in [7, 11) is 0. The normalized spacial score (nSPS) is 20.5. The predicted molar refractivity (Wildman–Crippen MR) is 90.9 cm³/mol. The van der Waals surface area contributed by atoms with Gasteiger partial charge >= 0.3 is 0 Å². The zero-order valence-electron chi connectivity index (χ0n) is 13.7. The molecule has 2 aromatic rings. The van der Waals surface area contributed by atoms with Gasteiger partial charge in [0.2, 0.25) is 5.78 Å². The third-order valence-corrected chi connectivity index (χ3v) is 5.47. The summed E-state index contributed by atoms with van der Waals surface area (Å²) in [4.78, 5) is 25.1. The van der Waals surface area contributed by atoms with Crippen LogP contribution in [0.25, 0.3) is 16.7 Å². The molecule has 1 N–H and O–H groups in total. The van der Waals surface area contributed by atoms with Crippen LogP contribution in [0.1, 0.15) is 61.6 Å². The minimum atomic E-state index is -0.645. The SMILES string of the molecule is CC1(CC2=C(O)c3c(oc4ccccc34)C(=O)C2=O)CCCCC1. The van der Waals surface area contributed by atoms with Crippen LogP contribution in [0, 0.1) is 5.41 Å². The van der Waals surface area contributed by atoms with Crippen molar-refractivity contribution in [3.63, 3.8) is 0 Å². The number of hydrogen-bond donors (Lipinski definition) is 1. The van der Waals surface area contributed by atoms with Gasteiger partial charge in [-0.3, -0.25) is 9.59 Å². The van der Waals surface area contributed by atoms with E-state index in [2.05, 4.69) is 6.92 Å². The number of fused-ring (bicyclic) bond motifs is 3. The summed E-state index contributed by atoms with van der Waals surface area (Å²) in [5.74, 6) is -1.37. The van der Waals surface area contributed by atoms with Gasteiger partial charge in [0.15, 0.2) is 5.76 Å². The van der Waals surface area contributed by atoms with E-state index in [0.717, 1.165) is 25.7 Å². The van der Waals surface area contributed by atoms with Crippen molar-refractivity contribution in [1.29, 1.82) is 0 Å². The second-order valence-corrected chi connectivity index (χ2v) is 7.34. The van der Waals surface area contributed by atoms with E-state index in [1.54, 1.807) is 18.2 Å². The molecular formula is C20H20O4. The maximum Gasteiger partial charge on any atom is 0.269 e. The van der Waals surface area contributed by atoms with Crippen LogP contribution < -0.4 is 0 Å². The molecule has 0 atom stereocenters. The molecule has 0 unspecified atom stereocenters. The number of aliphatic hydroxyl groups is 1. The molecule has 1 aromatic carbocycles.